The molecule has 7 nitrogen and oxygen atoms in total. The van der Waals surface area contributed by atoms with Gasteiger partial charge >= 0.3 is 12.1 Å². The fourth-order valence-corrected chi connectivity index (χ4v) is 4.00. The first kappa shape index (κ1) is 24.0. The molecule has 0 radical (unpaired) electrons. The van der Waals surface area contributed by atoms with Crippen LogP contribution >= 0.6 is 0 Å². The number of fused-ring (bicyclic) bond motifs is 3. The van der Waals surface area contributed by atoms with Crippen molar-refractivity contribution >= 4 is 18.0 Å². The number of nitrogens with one attached hydrogen (secondary N) is 2. The van der Waals surface area contributed by atoms with E-state index in [2.05, 4.69) is 34.9 Å². The highest BCUT2D eigenvalue weighted by atomic mass is 16.5. The summed E-state index contributed by atoms with van der Waals surface area (Å²) in [6.07, 6.45) is 2.26. The largest absolute Gasteiger partial charge is 0.481 e. The van der Waals surface area contributed by atoms with Gasteiger partial charge in [0.15, 0.2) is 0 Å². The topological polar surface area (TPSA) is 105 Å². The smallest absolute Gasteiger partial charge is 0.407 e. The van der Waals surface area contributed by atoms with Crippen molar-refractivity contribution in [2.45, 2.75) is 45.1 Å². The first-order chi connectivity index (χ1) is 15.9. The first-order valence-corrected chi connectivity index (χ1v) is 11.1. The third-order valence-electron chi connectivity index (χ3n) is 5.76. The molecule has 33 heavy (non-hydrogen) atoms. The summed E-state index contributed by atoms with van der Waals surface area (Å²) in [5.41, 5.74) is 5.11. The fraction of sp³-hybridized carbons (Fsp3) is 0.346. The molecule has 3 rings (SSSR count). The van der Waals surface area contributed by atoms with E-state index in [0.717, 1.165) is 11.1 Å². The van der Waals surface area contributed by atoms with E-state index in [4.69, 9.17) is 9.84 Å². The maximum absolute atomic E-state index is 12.2. The number of hydrogen-bond acceptors (Lipinski definition) is 4. The summed E-state index contributed by atoms with van der Waals surface area (Å²) in [7, 11) is 0. The number of benzene rings is 2. The van der Waals surface area contributed by atoms with E-state index in [0.29, 0.717) is 18.4 Å². The highest BCUT2D eigenvalue weighted by Crippen LogP contribution is 2.44. The molecule has 2 aromatic rings. The van der Waals surface area contributed by atoms with Gasteiger partial charge in [-0.2, -0.15) is 0 Å². The molecule has 2 aromatic carbocycles. The van der Waals surface area contributed by atoms with Crippen molar-refractivity contribution in [3.05, 3.63) is 71.3 Å². The molecule has 7 heteroatoms. The Kier molecular flexibility index (Phi) is 8.24. The lowest BCUT2D eigenvalue weighted by molar-refractivity contribution is -0.137. The number of aliphatic carboxylic acids is 1. The number of amides is 2. The molecular weight excluding hydrogens is 420 g/mol. The van der Waals surface area contributed by atoms with Crippen LogP contribution < -0.4 is 10.6 Å². The van der Waals surface area contributed by atoms with E-state index in [1.165, 1.54) is 11.1 Å². The van der Waals surface area contributed by atoms with Crippen LogP contribution in [0.1, 0.15) is 50.2 Å². The zero-order chi connectivity index (χ0) is 23.8. The summed E-state index contributed by atoms with van der Waals surface area (Å²) in [6.45, 7) is 3.90. The number of carbonyl (C=O) groups is 3. The lowest BCUT2D eigenvalue weighted by Gasteiger charge is -2.15. The van der Waals surface area contributed by atoms with Crippen LogP contribution in [0.3, 0.4) is 0 Å². The molecule has 0 spiro atoms. The van der Waals surface area contributed by atoms with Crippen molar-refractivity contribution in [1.29, 1.82) is 0 Å². The minimum Gasteiger partial charge on any atom is -0.481 e. The maximum atomic E-state index is 12.2. The molecule has 174 valence electrons. The Morgan fingerprint density at radius 3 is 2.27 bits per heavy atom. The van der Waals surface area contributed by atoms with Crippen LogP contribution in [0, 0.1) is 0 Å². The molecule has 1 aliphatic carbocycles. The quantitative estimate of drug-likeness (QED) is 0.470. The third kappa shape index (κ3) is 6.44. The highest BCUT2D eigenvalue weighted by Gasteiger charge is 2.28. The van der Waals surface area contributed by atoms with Crippen molar-refractivity contribution in [2.24, 2.45) is 0 Å². The van der Waals surface area contributed by atoms with Gasteiger partial charge in [-0.15, -0.1) is 0 Å². The number of alkyl carbamates (subject to hydrolysis) is 1. The van der Waals surface area contributed by atoms with Crippen molar-refractivity contribution in [3.63, 3.8) is 0 Å². The molecule has 0 saturated heterocycles. The Hall–Kier alpha value is -3.61. The Labute approximate surface area is 193 Å². The average Bonchev–Trinajstić information content (AvgIpc) is 3.11. The van der Waals surface area contributed by atoms with Gasteiger partial charge in [0.05, 0.1) is 0 Å². The minimum atomic E-state index is -0.844. The molecule has 1 aliphatic rings. The van der Waals surface area contributed by atoms with Crippen LogP contribution in [-0.2, 0) is 14.3 Å². The maximum Gasteiger partial charge on any atom is 0.407 e. The molecular formula is C26H30N2O5. The standard InChI is InChI=1S/C26H30N2O5/c1-17(25(31)28-18(2)8-7-13-24(29)30)14-15-27-26(32)33-16-23-21-11-5-3-9-19(21)20-10-4-6-12-22(20)23/h3-6,9-12,14,18,23H,7-8,13,15-16H2,1-2H3,(H,27,32)(H,28,31)(H,29,30)/b17-14+. The van der Waals surface area contributed by atoms with Crippen molar-refractivity contribution in [1.82, 2.24) is 10.6 Å². The Balaban J connectivity index is 1.45. The van der Waals surface area contributed by atoms with E-state index in [9.17, 15) is 14.4 Å². The lowest BCUT2D eigenvalue weighted by atomic mass is 9.98. The van der Waals surface area contributed by atoms with Crippen LogP contribution in [-0.4, -0.2) is 42.3 Å². The molecule has 0 saturated carbocycles. The summed E-state index contributed by atoms with van der Waals surface area (Å²) >= 11 is 0. The lowest BCUT2D eigenvalue weighted by Crippen LogP contribution is -2.33. The van der Waals surface area contributed by atoms with Gasteiger partial charge in [-0.05, 0) is 48.9 Å². The zero-order valence-electron chi connectivity index (χ0n) is 19.0. The molecule has 0 bridgehead atoms. The molecule has 0 heterocycles. The zero-order valence-corrected chi connectivity index (χ0v) is 19.0. The van der Waals surface area contributed by atoms with Gasteiger partial charge in [-0.3, -0.25) is 9.59 Å². The summed E-state index contributed by atoms with van der Waals surface area (Å²) in [5, 5.41) is 14.2. The normalized spacial score (nSPS) is 13.6. The second-order valence-corrected chi connectivity index (χ2v) is 8.25. The molecule has 2 amide bonds. The number of hydrogen-bond donors (Lipinski definition) is 3. The summed E-state index contributed by atoms with van der Waals surface area (Å²) in [4.78, 5) is 35.0. The van der Waals surface area contributed by atoms with Crippen LogP contribution in [0.25, 0.3) is 11.1 Å². The first-order valence-electron chi connectivity index (χ1n) is 11.1. The van der Waals surface area contributed by atoms with Crippen LogP contribution in [0.15, 0.2) is 60.2 Å². The van der Waals surface area contributed by atoms with Crippen molar-refractivity contribution in [3.8, 4) is 11.1 Å². The average molecular weight is 451 g/mol. The predicted octanol–water partition coefficient (Wildman–Crippen LogP) is 4.23. The summed E-state index contributed by atoms with van der Waals surface area (Å²) < 4.78 is 5.48. The van der Waals surface area contributed by atoms with Gasteiger partial charge in [-0.1, -0.05) is 54.6 Å². The molecule has 0 fully saturated rings. The molecule has 1 unspecified atom stereocenters. The molecule has 0 aromatic heterocycles. The second kappa shape index (κ2) is 11.3. The van der Waals surface area contributed by atoms with Gasteiger partial charge in [0.2, 0.25) is 5.91 Å². The Morgan fingerprint density at radius 1 is 1.06 bits per heavy atom. The van der Waals surface area contributed by atoms with Gasteiger partial charge in [-0.25, -0.2) is 4.79 Å². The van der Waals surface area contributed by atoms with Crippen LogP contribution in [0.2, 0.25) is 0 Å². The van der Waals surface area contributed by atoms with Crippen molar-refractivity contribution < 1.29 is 24.2 Å². The monoisotopic (exact) mass is 450 g/mol. The number of carboxylic acid groups (broad SMARTS) is 1. The number of carbonyl (C=O) groups excluding carboxylic acids is 2. The predicted molar refractivity (Wildman–Crippen MR) is 126 cm³/mol. The molecule has 1 atom stereocenters. The summed E-state index contributed by atoms with van der Waals surface area (Å²) in [5.74, 6) is -1.09. The Bertz CT molecular complexity index is 1000. The number of ether oxygens (including phenoxy) is 1. The van der Waals surface area contributed by atoms with Gasteiger partial charge in [0.1, 0.15) is 6.61 Å². The van der Waals surface area contributed by atoms with E-state index < -0.39 is 12.1 Å². The van der Waals surface area contributed by atoms with Crippen LogP contribution in [0.5, 0.6) is 0 Å². The molecule has 3 N–H and O–H groups in total. The Morgan fingerprint density at radius 2 is 1.67 bits per heavy atom. The van der Waals surface area contributed by atoms with E-state index in [-0.39, 0.29) is 37.4 Å². The second-order valence-electron chi connectivity index (χ2n) is 8.25. The van der Waals surface area contributed by atoms with Gasteiger partial charge in [0.25, 0.3) is 0 Å². The van der Waals surface area contributed by atoms with Gasteiger partial charge < -0.3 is 20.5 Å². The van der Waals surface area contributed by atoms with E-state index in [1.807, 2.05) is 31.2 Å². The minimum absolute atomic E-state index is 0.00572. The molecule has 0 aliphatic heterocycles. The van der Waals surface area contributed by atoms with Crippen LogP contribution in [0.4, 0.5) is 4.79 Å². The number of carboxylic acids is 1. The third-order valence-corrected chi connectivity index (χ3v) is 5.76. The van der Waals surface area contributed by atoms with Crippen molar-refractivity contribution in [2.75, 3.05) is 13.2 Å². The van der Waals surface area contributed by atoms with Gasteiger partial charge in [0, 0.05) is 30.5 Å². The highest BCUT2D eigenvalue weighted by molar-refractivity contribution is 5.93. The van der Waals surface area contributed by atoms with E-state index in [1.54, 1.807) is 13.0 Å². The SMILES string of the molecule is C/C(=C\CNC(=O)OCC1c2ccccc2-c2ccccc21)C(=O)NC(C)CCCC(=O)O. The summed E-state index contributed by atoms with van der Waals surface area (Å²) in [6, 6.07) is 16.2. The fourth-order valence-electron chi connectivity index (χ4n) is 4.00. The van der Waals surface area contributed by atoms with E-state index >= 15 is 0 Å². The number of rotatable bonds is 10.